The molecule has 2 atom stereocenters. The van der Waals surface area contributed by atoms with Gasteiger partial charge in [-0.1, -0.05) is 0 Å². The van der Waals surface area contributed by atoms with E-state index < -0.39 is 36.4 Å². The highest BCUT2D eigenvalue weighted by Crippen LogP contribution is 2.23. The van der Waals surface area contributed by atoms with Crippen molar-refractivity contribution in [2.75, 3.05) is 13.1 Å². The first kappa shape index (κ1) is 16.3. The second-order valence-corrected chi connectivity index (χ2v) is 4.55. The second-order valence-electron chi connectivity index (χ2n) is 4.55. The molecule has 0 aromatic heterocycles. The number of halogens is 3. The van der Waals surface area contributed by atoms with Gasteiger partial charge in [0, 0.05) is 19.5 Å². The van der Waals surface area contributed by atoms with Gasteiger partial charge in [-0.25, -0.2) is 4.79 Å². The molecule has 2 N–H and O–H groups in total. The summed E-state index contributed by atoms with van der Waals surface area (Å²) in [6, 6.07) is -2.03. The minimum Gasteiger partial charge on any atom is -0.480 e. The molecule has 0 aromatic rings. The Balaban J connectivity index is 2.64. The van der Waals surface area contributed by atoms with Crippen LogP contribution in [-0.2, 0) is 14.4 Å². The molecule has 114 valence electrons. The Kier molecular flexibility index (Phi) is 4.96. The maximum atomic E-state index is 12.2. The van der Waals surface area contributed by atoms with Crippen LogP contribution >= 0.6 is 0 Å². The molecule has 20 heavy (non-hydrogen) atoms. The van der Waals surface area contributed by atoms with E-state index in [-0.39, 0.29) is 18.9 Å². The van der Waals surface area contributed by atoms with E-state index in [9.17, 15) is 27.6 Å². The number of hydrogen-bond acceptors (Lipinski definition) is 3. The highest BCUT2D eigenvalue weighted by molar-refractivity contribution is 5.91. The molecule has 0 bridgehead atoms. The molecule has 1 saturated heterocycles. The van der Waals surface area contributed by atoms with Crippen LogP contribution < -0.4 is 5.32 Å². The molecule has 0 spiro atoms. The third kappa shape index (κ3) is 4.39. The Morgan fingerprint density at radius 2 is 2.10 bits per heavy atom. The van der Waals surface area contributed by atoms with Crippen LogP contribution in [0.1, 0.15) is 19.8 Å². The van der Waals surface area contributed by atoms with Crippen molar-refractivity contribution >= 4 is 17.8 Å². The number of rotatable bonds is 5. The van der Waals surface area contributed by atoms with Crippen LogP contribution in [-0.4, -0.2) is 53.1 Å². The van der Waals surface area contributed by atoms with Gasteiger partial charge in [0.2, 0.25) is 11.8 Å². The van der Waals surface area contributed by atoms with Crippen molar-refractivity contribution < 1.29 is 32.7 Å². The Hall–Kier alpha value is -1.80. The molecular weight excluding hydrogens is 281 g/mol. The standard InChI is InChI=1S/C11H15F3N2O4/c1-2-16-5-6(3-8(16)17)9(18)15-7(10(19)20)4-11(12,13)14/h6-7H,2-5H2,1H3,(H,15,18)(H,19,20). The maximum Gasteiger partial charge on any atom is 0.391 e. The van der Waals surface area contributed by atoms with Gasteiger partial charge < -0.3 is 15.3 Å². The van der Waals surface area contributed by atoms with Gasteiger partial charge in [0.1, 0.15) is 6.04 Å². The van der Waals surface area contributed by atoms with Gasteiger partial charge in [-0.15, -0.1) is 0 Å². The van der Waals surface area contributed by atoms with Gasteiger partial charge in [-0.2, -0.15) is 13.2 Å². The van der Waals surface area contributed by atoms with E-state index in [1.54, 1.807) is 6.92 Å². The lowest BCUT2D eigenvalue weighted by Gasteiger charge is -2.18. The summed E-state index contributed by atoms with van der Waals surface area (Å²) in [4.78, 5) is 35.3. The predicted molar refractivity (Wildman–Crippen MR) is 60.6 cm³/mol. The largest absolute Gasteiger partial charge is 0.480 e. The highest BCUT2D eigenvalue weighted by Gasteiger charge is 2.39. The first-order valence-electron chi connectivity index (χ1n) is 6.01. The fourth-order valence-electron chi connectivity index (χ4n) is 1.97. The van der Waals surface area contributed by atoms with Crippen molar-refractivity contribution in [1.29, 1.82) is 0 Å². The molecule has 1 fully saturated rings. The summed E-state index contributed by atoms with van der Waals surface area (Å²) in [7, 11) is 0. The van der Waals surface area contributed by atoms with Crippen molar-refractivity contribution in [3.8, 4) is 0 Å². The number of carboxylic acids is 1. The smallest absolute Gasteiger partial charge is 0.391 e. The number of aliphatic carboxylic acids is 1. The molecule has 0 radical (unpaired) electrons. The first-order chi connectivity index (χ1) is 9.14. The zero-order chi connectivity index (χ0) is 15.5. The van der Waals surface area contributed by atoms with Crippen molar-refractivity contribution in [2.45, 2.75) is 32.0 Å². The van der Waals surface area contributed by atoms with E-state index in [0.29, 0.717) is 6.54 Å². The number of nitrogens with zero attached hydrogens (tertiary/aromatic N) is 1. The van der Waals surface area contributed by atoms with Crippen LogP contribution in [0.15, 0.2) is 0 Å². The molecule has 1 aliphatic rings. The summed E-state index contributed by atoms with van der Waals surface area (Å²) in [6.07, 6.45) is -6.46. The molecule has 1 heterocycles. The number of nitrogens with one attached hydrogen (secondary N) is 1. The van der Waals surface area contributed by atoms with Crippen LogP contribution in [0.3, 0.4) is 0 Å². The lowest BCUT2D eigenvalue weighted by atomic mass is 10.1. The topological polar surface area (TPSA) is 86.7 Å². The van der Waals surface area contributed by atoms with E-state index in [2.05, 4.69) is 0 Å². The summed E-state index contributed by atoms with van der Waals surface area (Å²) < 4.78 is 36.6. The first-order valence-corrected chi connectivity index (χ1v) is 6.01. The minimum atomic E-state index is -4.70. The summed E-state index contributed by atoms with van der Waals surface area (Å²) in [5.74, 6) is -3.67. The van der Waals surface area contributed by atoms with Crippen molar-refractivity contribution in [2.24, 2.45) is 5.92 Å². The average molecular weight is 296 g/mol. The van der Waals surface area contributed by atoms with Crippen molar-refractivity contribution in [3.63, 3.8) is 0 Å². The average Bonchev–Trinajstić information content (AvgIpc) is 2.67. The van der Waals surface area contributed by atoms with Crippen LogP contribution in [0.2, 0.25) is 0 Å². The highest BCUT2D eigenvalue weighted by atomic mass is 19.4. The Morgan fingerprint density at radius 1 is 1.50 bits per heavy atom. The molecule has 1 aliphatic heterocycles. The molecule has 0 saturated carbocycles. The second kappa shape index (κ2) is 6.10. The normalized spacial score (nSPS) is 20.9. The zero-order valence-electron chi connectivity index (χ0n) is 10.7. The number of amides is 2. The van der Waals surface area contributed by atoms with Crippen LogP contribution in [0.25, 0.3) is 0 Å². The number of carbonyl (C=O) groups excluding carboxylic acids is 2. The fourth-order valence-corrected chi connectivity index (χ4v) is 1.97. The van der Waals surface area contributed by atoms with E-state index in [1.165, 1.54) is 4.90 Å². The molecule has 0 aromatic carbocycles. The van der Waals surface area contributed by atoms with Gasteiger partial charge in [-0.3, -0.25) is 9.59 Å². The van der Waals surface area contributed by atoms with E-state index in [1.807, 2.05) is 5.32 Å². The molecule has 2 unspecified atom stereocenters. The lowest BCUT2D eigenvalue weighted by molar-refractivity contribution is -0.160. The zero-order valence-corrected chi connectivity index (χ0v) is 10.7. The third-order valence-electron chi connectivity index (χ3n) is 3.02. The summed E-state index contributed by atoms with van der Waals surface area (Å²) in [6.45, 7) is 2.20. The maximum absolute atomic E-state index is 12.2. The van der Waals surface area contributed by atoms with Gasteiger partial charge in [0.05, 0.1) is 12.3 Å². The van der Waals surface area contributed by atoms with Gasteiger partial charge in [0.25, 0.3) is 0 Å². The van der Waals surface area contributed by atoms with Gasteiger partial charge >= 0.3 is 12.1 Å². The molecule has 6 nitrogen and oxygen atoms in total. The number of hydrogen-bond donors (Lipinski definition) is 2. The van der Waals surface area contributed by atoms with Gasteiger partial charge in [0.15, 0.2) is 0 Å². The van der Waals surface area contributed by atoms with Crippen LogP contribution in [0, 0.1) is 5.92 Å². The summed E-state index contributed by atoms with van der Waals surface area (Å²) in [5, 5.41) is 10.5. The molecule has 1 rings (SSSR count). The summed E-state index contributed by atoms with van der Waals surface area (Å²) >= 11 is 0. The Bertz CT molecular complexity index is 411. The summed E-state index contributed by atoms with van der Waals surface area (Å²) in [5.41, 5.74) is 0. The SMILES string of the molecule is CCN1CC(C(=O)NC(CC(F)(F)F)C(=O)O)CC1=O. The monoisotopic (exact) mass is 296 g/mol. The predicted octanol–water partition coefficient (Wildman–Crippen LogP) is 0.377. The number of likely N-dealkylation sites (tertiary alicyclic amines) is 1. The number of alkyl halides is 3. The molecule has 9 heteroatoms. The van der Waals surface area contributed by atoms with Crippen molar-refractivity contribution in [3.05, 3.63) is 0 Å². The Morgan fingerprint density at radius 3 is 2.50 bits per heavy atom. The van der Waals surface area contributed by atoms with Crippen molar-refractivity contribution in [1.82, 2.24) is 10.2 Å². The van der Waals surface area contributed by atoms with E-state index in [0.717, 1.165) is 0 Å². The molecule has 2 amide bonds. The third-order valence-corrected chi connectivity index (χ3v) is 3.02. The quantitative estimate of drug-likeness (QED) is 0.767. The lowest BCUT2D eigenvalue weighted by Crippen LogP contribution is -2.46. The van der Waals surface area contributed by atoms with E-state index in [4.69, 9.17) is 5.11 Å². The van der Waals surface area contributed by atoms with Crippen LogP contribution in [0.4, 0.5) is 13.2 Å². The minimum absolute atomic E-state index is 0.0967. The Labute approximate surface area is 112 Å². The number of carbonyl (C=O) groups is 3. The van der Waals surface area contributed by atoms with Crippen LogP contribution in [0.5, 0.6) is 0 Å². The molecular formula is C11H15F3N2O4. The fraction of sp³-hybridized carbons (Fsp3) is 0.727. The molecule has 0 aliphatic carbocycles. The van der Waals surface area contributed by atoms with E-state index >= 15 is 0 Å². The van der Waals surface area contributed by atoms with Gasteiger partial charge in [-0.05, 0) is 6.92 Å². The number of carboxylic acid groups (broad SMARTS) is 1.